The molecule has 1 aliphatic carbocycles. The van der Waals surface area contributed by atoms with E-state index in [9.17, 15) is 13.2 Å². The second-order valence-corrected chi connectivity index (χ2v) is 13.3. The summed E-state index contributed by atoms with van der Waals surface area (Å²) in [6, 6.07) is 5.32. The molecule has 38 heavy (non-hydrogen) atoms. The van der Waals surface area contributed by atoms with Crippen molar-refractivity contribution in [1.82, 2.24) is 15.0 Å². The van der Waals surface area contributed by atoms with Crippen LogP contribution in [-0.4, -0.2) is 53.1 Å². The van der Waals surface area contributed by atoms with Gasteiger partial charge in [-0.05, 0) is 62.8 Å². The van der Waals surface area contributed by atoms with Gasteiger partial charge in [0.25, 0.3) is 0 Å². The highest BCUT2D eigenvalue weighted by Crippen LogP contribution is 2.36. The van der Waals surface area contributed by atoms with E-state index >= 15 is 0 Å². The molecule has 10 nitrogen and oxygen atoms in total. The fourth-order valence-electron chi connectivity index (χ4n) is 5.09. The first-order valence-electron chi connectivity index (χ1n) is 12.7. The van der Waals surface area contributed by atoms with Crippen molar-refractivity contribution in [2.24, 2.45) is 5.73 Å². The van der Waals surface area contributed by atoms with Crippen LogP contribution in [0.2, 0.25) is 0 Å². The third-order valence-electron chi connectivity index (χ3n) is 7.48. The number of ether oxygens (including phenoxy) is 2. The van der Waals surface area contributed by atoms with E-state index < -0.39 is 20.6 Å². The maximum absolute atomic E-state index is 12.3. The number of nitrogens with two attached hydrogens (primary N) is 1. The van der Waals surface area contributed by atoms with Crippen molar-refractivity contribution in [2.45, 2.75) is 75.9 Å². The Hall–Kier alpha value is -3.31. The molecule has 4 heterocycles. The SMILES string of the molecule is C[C@@H]1OC(=O)c2ccc(Nc3cc4c(C(C)(C)N)cnc(O[C@H]5CC[C@@H](S(C)(=O)=O)C5)c4cn3)nc2[C@H]1C. The molecule has 1 saturated carbocycles. The largest absolute Gasteiger partial charge is 0.474 e. The normalized spacial score (nSPS) is 23.7. The predicted octanol–water partition coefficient (Wildman–Crippen LogP) is 3.97. The van der Waals surface area contributed by atoms with Crippen LogP contribution < -0.4 is 15.8 Å². The number of hydrogen-bond donors (Lipinski definition) is 2. The van der Waals surface area contributed by atoms with Crippen molar-refractivity contribution in [3.05, 3.63) is 47.4 Å². The summed E-state index contributed by atoms with van der Waals surface area (Å²) in [4.78, 5) is 26.1. The average molecular weight is 540 g/mol. The summed E-state index contributed by atoms with van der Waals surface area (Å²) < 4.78 is 35.6. The minimum absolute atomic E-state index is 0.0395. The number of hydrogen-bond acceptors (Lipinski definition) is 10. The number of esters is 1. The summed E-state index contributed by atoms with van der Waals surface area (Å²) in [5.74, 6) is 1.10. The zero-order chi connectivity index (χ0) is 27.4. The van der Waals surface area contributed by atoms with Crippen LogP contribution in [0.3, 0.4) is 0 Å². The molecule has 0 bridgehead atoms. The topological polar surface area (TPSA) is 146 Å². The van der Waals surface area contributed by atoms with Crippen molar-refractivity contribution in [3.63, 3.8) is 0 Å². The Morgan fingerprint density at radius 2 is 1.87 bits per heavy atom. The molecular formula is C27H33N5O5S. The first-order valence-corrected chi connectivity index (χ1v) is 14.7. The minimum Gasteiger partial charge on any atom is -0.474 e. The molecule has 3 aromatic rings. The first kappa shape index (κ1) is 26.3. The Balaban J connectivity index is 1.48. The molecule has 3 aromatic heterocycles. The first-order chi connectivity index (χ1) is 17.8. The number of carbonyl (C=O) groups excluding carboxylic acids is 1. The molecule has 0 amide bonds. The van der Waals surface area contributed by atoms with E-state index in [1.54, 1.807) is 24.5 Å². The van der Waals surface area contributed by atoms with Gasteiger partial charge in [-0.15, -0.1) is 0 Å². The van der Waals surface area contributed by atoms with E-state index in [0.717, 1.165) is 10.9 Å². The standard InChI is InChI=1S/C27H33N5O5S/c1-14-15(2)36-26(33)18-8-9-22(32-24(14)18)31-23-11-19-20(12-29-23)25(30-13-21(19)27(3,4)28)37-16-6-7-17(10-16)38(5,34)35/h8-9,11-17H,6-7,10,28H2,1-5H3,(H,29,31,32)/t14-,15-,16-,17+/m0/s1. The Labute approximate surface area is 222 Å². The Morgan fingerprint density at radius 1 is 1.11 bits per heavy atom. The van der Waals surface area contributed by atoms with Gasteiger partial charge < -0.3 is 20.5 Å². The lowest BCUT2D eigenvalue weighted by molar-refractivity contribution is 0.0235. The highest BCUT2D eigenvalue weighted by Gasteiger charge is 2.34. The summed E-state index contributed by atoms with van der Waals surface area (Å²) in [6.07, 6.45) is 5.81. The maximum Gasteiger partial charge on any atom is 0.340 e. The van der Waals surface area contributed by atoms with Gasteiger partial charge in [0, 0.05) is 36.5 Å². The lowest BCUT2D eigenvalue weighted by Crippen LogP contribution is -2.29. The molecule has 0 spiro atoms. The molecular weight excluding hydrogens is 506 g/mol. The molecule has 1 aliphatic heterocycles. The van der Waals surface area contributed by atoms with Gasteiger partial charge in [-0.2, -0.15) is 0 Å². The molecule has 0 radical (unpaired) electrons. The fourth-order valence-corrected chi connectivity index (χ4v) is 6.22. The van der Waals surface area contributed by atoms with E-state index in [1.807, 2.05) is 33.8 Å². The number of nitrogens with one attached hydrogen (secondary N) is 1. The van der Waals surface area contributed by atoms with Crippen molar-refractivity contribution in [3.8, 4) is 5.88 Å². The van der Waals surface area contributed by atoms with Gasteiger partial charge >= 0.3 is 5.97 Å². The summed E-state index contributed by atoms with van der Waals surface area (Å²) in [6.45, 7) is 7.64. The Kier molecular flexibility index (Phi) is 6.55. The zero-order valence-electron chi connectivity index (χ0n) is 22.2. The number of anilines is 2. The maximum atomic E-state index is 12.3. The molecule has 5 rings (SSSR count). The number of rotatable bonds is 6. The zero-order valence-corrected chi connectivity index (χ0v) is 23.0. The number of carbonyl (C=O) groups is 1. The Morgan fingerprint density at radius 3 is 2.55 bits per heavy atom. The van der Waals surface area contributed by atoms with Gasteiger partial charge in [0.2, 0.25) is 5.88 Å². The Bertz CT molecular complexity index is 1520. The van der Waals surface area contributed by atoms with E-state index in [0.29, 0.717) is 53.4 Å². The molecule has 1 fully saturated rings. The summed E-state index contributed by atoms with van der Waals surface area (Å²) in [5.41, 5.74) is 7.76. The van der Waals surface area contributed by atoms with Crippen LogP contribution >= 0.6 is 0 Å². The van der Waals surface area contributed by atoms with E-state index in [-0.39, 0.29) is 24.1 Å². The van der Waals surface area contributed by atoms with Crippen LogP contribution in [0.25, 0.3) is 10.8 Å². The lowest BCUT2D eigenvalue weighted by atomic mass is 9.93. The monoisotopic (exact) mass is 539 g/mol. The average Bonchev–Trinajstić information content (AvgIpc) is 3.31. The molecule has 2 aliphatic rings. The van der Waals surface area contributed by atoms with Gasteiger partial charge in [-0.1, -0.05) is 6.92 Å². The number of fused-ring (bicyclic) bond motifs is 2. The molecule has 0 saturated heterocycles. The number of nitrogens with zero attached hydrogens (tertiary/aromatic N) is 3. The van der Waals surface area contributed by atoms with Crippen molar-refractivity contribution in [1.29, 1.82) is 0 Å². The quantitative estimate of drug-likeness (QED) is 0.441. The van der Waals surface area contributed by atoms with E-state index in [1.165, 1.54) is 6.26 Å². The van der Waals surface area contributed by atoms with E-state index in [2.05, 4.69) is 15.3 Å². The van der Waals surface area contributed by atoms with Crippen LogP contribution in [-0.2, 0) is 20.1 Å². The van der Waals surface area contributed by atoms with Crippen LogP contribution in [0.15, 0.2) is 30.6 Å². The highest BCUT2D eigenvalue weighted by atomic mass is 32.2. The third-order valence-corrected chi connectivity index (χ3v) is 9.12. The third kappa shape index (κ3) is 5.04. The molecule has 3 N–H and O–H groups in total. The van der Waals surface area contributed by atoms with E-state index in [4.69, 9.17) is 20.2 Å². The lowest BCUT2D eigenvalue weighted by Gasteiger charge is -2.27. The van der Waals surface area contributed by atoms with Gasteiger partial charge in [0.05, 0.1) is 21.9 Å². The number of sulfone groups is 1. The smallest absolute Gasteiger partial charge is 0.340 e. The molecule has 0 aromatic carbocycles. The van der Waals surface area contributed by atoms with Crippen molar-refractivity contribution in [2.75, 3.05) is 11.6 Å². The predicted molar refractivity (Wildman–Crippen MR) is 144 cm³/mol. The molecule has 11 heteroatoms. The molecule has 202 valence electrons. The number of cyclic esters (lactones) is 1. The summed E-state index contributed by atoms with van der Waals surface area (Å²) in [5, 5.41) is 4.36. The van der Waals surface area contributed by atoms with Gasteiger partial charge in [-0.25, -0.2) is 28.2 Å². The second kappa shape index (κ2) is 9.46. The summed E-state index contributed by atoms with van der Waals surface area (Å²) in [7, 11) is -3.12. The van der Waals surface area contributed by atoms with Crippen molar-refractivity contribution >= 4 is 38.2 Å². The number of aromatic nitrogens is 3. The molecule has 0 unspecified atom stereocenters. The van der Waals surface area contributed by atoms with Crippen LogP contribution in [0, 0.1) is 0 Å². The second-order valence-electron chi connectivity index (χ2n) is 11.0. The van der Waals surface area contributed by atoms with Crippen molar-refractivity contribution < 1.29 is 22.7 Å². The fraction of sp³-hybridized carbons (Fsp3) is 0.481. The molecule has 4 atom stereocenters. The van der Waals surface area contributed by atoms with Crippen LogP contribution in [0.1, 0.15) is 74.5 Å². The number of pyridine rings is 3. The highest BCUT2D eigenvalue weighted by molar-refractivity contribution is 7.91. The van der Waals surface area contributed by atoms with Crippen LogP contribution in [0.5, 0.6) is 5.88 Å². The van der Waals surface area contributed by atoms with Gasteiger partial charge in [0.15, 0.2) is 0 Å². The van der Waals surface area contributed by atoms with Gasteiger partial charge in [0.1, 0.15) is 33.7 Å². The van der Waals surface area contributed by atoms with Gasteiger partial charge in [-0.3, -0.25) is 0 Å². The van der Waals surface area contributed by atoms with Crippen LogP contribution in [0.4, 0.5) is 11.6 Å². The summed E-state index contributed by atoms with van der Waals surface area (Å²) >= 11 is 0. The minimum atomic E-state index is -3.12.